The van der Waals surface area contributed by atoms with Gasteiger partial charge in [0.15, 0.2) is 0 Å². The van der Waals surface area contributed by atoms with Crippen molar-refractivity contribution < 1.29 is 0 Å². The van der Waals surface area contributed by atoms with Crippen molar-refractivity contribution in [3.63, 3.8) is 0 Å². The summed E-state index contributed by atoms with van der Waals surface area (Å²) < 4.78 is 0. The van der Waals surface area contributed by atoms with Crippen molar-refractivity contribution >= 4 is 34.8 Å². The van der Waals surface area contributed by atoms with Gasteiger partial charge in [-0.3, -0.25) is 0 Å². The standard InChI is InChI=1S/C30H22S2/c1-3-21-19-26(30-18-16-28(32-30)24-13-9-6-10-14-24)22(4-2)20-25(21)29-17-15-27(31-29)23-11-7-5-8-12-23/h3-20H,1-2H2. The van der Waals surface area contributed by atoms with Crippen LogP contribution in [0.4, 0.5) is 0 Å². The second-order valence-electron chi connectivity index (χ2n) is 7.49. The van der Waals surface area contributed by atoms with Gasteiger partial charge in [-0.2, -0.15) is 0 Å². The van der Waals surface area contributed by atoms with E-state index in [0.717, 1.165) is 11.1 Å². The predicted molar refractivity (Wildman–Crippen MR) is 144 cm³/mol. The summed E-state index contributed by atoms with van der Waals surface area (Å²) in [6, 6.07) is 34.4. The molecule has 0 nitrogen and oxygen atoms in total. The molecule has 5 rings (SSSR count). The van der Waals surface area contributed by atoms with Gasteiger partial charge in [0, 0.05) is 19.5 Å². The summed E-state index contributed by atoms with van der Waals surface area (Å²) in [6.45, 7) is 8.21. The van der Waals surface area contributed by atoms with E-state index in [1.807, 2.05) is 34.8 Å². The Balaban J connectivity index is 1.57. The molecule has 0 unspecified atom stereocenters. The molecule has 0 radical (unpaired) electrons. The average molecular weight is 447 g/mol. The normalized spacial score (nSPS) is 10.8. The van der Waals surface area contributed by atoms with Crippen molar-refractivity contribution in [3.05, 3.63) is 121 Å². The van der Waals surface area contributed by atoms with Gasteiger partial charge < -0.3 is 0 Å². The lowest BCUT2D eigenvalue weighted by molar-refractivity contribution is 1.61. The minimum absolute atomic E-state index is 1.14. The van der Waals surface area contributed by atoms with Crippen LogP contribution in [0.25, 0.3) is 53.9 Å². The molecule has 0 saturated carbocycles. The number of rotatable bonds is 6. The van der Waals surface area contributed by atoms with Crippen molar-refractivity contribution in [2.45, 2.75) is 0 Å². The minimum atomic E-state index is 1.14. The number of thiophene rings is 2. The Kier molecular flexibility index (Phi) is 5.72. The molecule has 0 amide bonds. The fraction of sp³-hybridized carbons (Fsp3) is 0. The first-order chi connectivity index (χ1) is 15.8. The fourth-order valence-electron chi connectivity index (χ4n) is 3.88. The quantitative estimate of drug-likeness (QED) is 0.243. The first-order valence-electron chi connectivity index (χ1n) is 10.5. The Bertz CT molecular complexity index is 1280. The molecule has 0 aliphatic heterocycles. The van der Waals surface area contributed by atoms with Gasteiger partial charge in [0.2, 0.25) is 0 Å². The van der Waals surface area contributed by atoms with E-state index in [4.69, 9.17) is 0 Å². The van der Waals surface area contributed by atoms with E-state index >= 15 is 0 Å². The maximum Gasteiger partial charge on any atom is 0.0355 e. The second-order valence-corrected chi connectivity index (χ2v) is 9.66. The highest BCUT2D eigenvalue weighted by Crippen LogP contribution is 2.42. The monoisotopic (exact) mass is 446 g/mol. The molecule has 0 bridgehead atoms. The van der Waals surface area contributed by atoms with Gasteiger partial charge in [-0.05, 0) is 69.8 Å². The van der Waals surface area contributed by atoms with Gasteiger partial charge in [-0.15, -0.1) is 22.7 Å². The minimum Gasteiger partial charge on any atom is -0.135 e. The molecule has 154 valence electrons. The van der Waals surface area contributed by atoms with E-state index in [1.54, 1.807) is 0 Å². The summed E-state index contributed by atoms with van der Waals surface area (Å²) >= 11 is 3.62. The molecule has 0 N–H and O–H groups in total. The number of hydrogen-bond acceptors (Lipinski definition) is 2. The smallest absolute Gasteiger partial charge is 0.0355 e. The first kappa shape index (κ1) is 20.4. The lowest BCUT2D eigenvalue weighted by atomic mass is 9.96. The number of hydrogen-bond donors (Lipinski definition) is 0. The van der Waals surface area contributed by atoms with Crippen LogP contribution in [0.5, 0.6) is 0 Å². The molecular weight excluding hydrogens is 424 g/mol. The van der Waals surface area contributed by atoms with Gasteiger partial charge in [0.1, 0.15) is 0 Å². The van der Waals surface area contributed by atoms with E-state index in [2.05, 4.69) is 110 Å². The molecule has 0 atom stereocenters. The topological polar surface area (TPSA) is 0 Å². The maximum atomic E-state index is 4.11. The van der Waals surface area contributed by atoms with Crippen molar-refractivity contribution in [2.24, 2.45) is 0 Å². The predicted octanol–water partition coefficient (Wildman–Crippen LogP) is 9.76. The summed E-state index contributed by atoms with van der Waals surface area (Å²) in [5, 5.41) is 0. The molecule has 3 aromatic carbocycles. The molecule has 0 aliphatic carbocycles. The van der Waals surface area contributed by atoms with Crippen LogP contribution in [0.2, 0.25) is 0 Å². The van der Waals surface area contributed by atoms with Gasteiger partial charge >= 0.3 is 0 Å². The van der Waals surface area contributed by atoms with E-state index in [0.29, 0.717) is 0 Å². The summed E-state index contributed by atoms with van der Waals surface area (Å²) in [7, 11) is 0. The van der Waals surface area contributed by atoms with Crippen LogP contribution in [0.15, 0.2) is 110 Å². The molecule has 0 saturated heterocycles. The lowest BCUT2D eigenvalue weighted by Gasteiger charge is -2.11. The average Bonchev–Trinajstić information content (AvgIpc) is 3.55. The zero-order valence-corrected chi connectivity index (χ0v) is 19.3. The van der Waals surface area contributed by atoms with Gasteiger partial charge in [0.25, 0.3) is 0 Å². The molecule has 2 heterocycles. The van der Waals surface area contributed by atoms with Crippen LogP contribution in [0.3, 0.4) is 0 Å². The first-order valence-corrected chi connectivity index (χ1v) is 12.1. The molecule has 2 heteroatoms. The third kappa shape index (κ3) is 3.91. The van der Waals surface area contributed by atoms with Crippen LogP contribution in [-0.2, 0) is 0 Å². The highest BCUT2D eigenvalue weighted by Gasteiger charge is 2.14. The molecule has 32 heavy (non-hydrogen) atoms. The molecule has 0 spiro atoms. The lowest BCUT2D eigenvalue weighted by Crippen LogP contribution is -1.87. The Hall–Kier alpha value is -3.46. The highest BCUT2D eigenvalue weighted by molar-refractivity contribution is 7.19. The zero-order chi connectivity index (χ0) is 21.9. The molecule has 0 fully saturated rings. The molecule has 0 aliphatic rings. The molecule has 2 aromatic heterocycles. The third-order valence-corrected chi connectivity index (χ3v) is 7.86. The zero-order valence-electron chi connectivity index (χ0n) is 17.6. The van der Waals surface area contributed by atoms with Crippen LogP contribution in [0.1, 0.15) is 11.1 Å². The SMILES string of the molecule is C=Cc1cc(-c2ccc(-c3ccccc3)s2)c(C=C)cc1-c1ccc(-c2ccccc2)s1. The summed E-state index contributed by atoms with van der Waals surface area (Å²) in [5.74, 6) is 0. The fourth-order valence-corrected chi connectivity index (χ4v) is 5.98. The van der Waals surface area contributed by atoms with Crippen LogP contribution < -0.4 is 0 Å². The van der Waals surface area contributed by atoms with E-state index in [-0.39, 0.29) is 0 Å². The molecular formula is C30H22S2. The van der Waals surface area contributed by atoms with Crippen LogP contribution in [-0.4, -0.2) is 0 Å². The third-order valence-electron chi connectivity index (χ3n) is 5.52. The van der Waals surface area contributed by atoms with Crippen LogP contribution >= 0.6 is 22.7 Å². The Morgan fingerprint density at radius 2 is 0.844 bits per heavy atom. The van der Waals surface area contributed by atoms with E-state index < -0.39 is 0 Å². The molecule has 5 aromatic rings. The van der Waals surface area contributed by atoms with Crippen molar-refractivity contribution in [3.8, 4) is 41.8 Å². The van der Waals surface area contributed by atoms with Gasteiger partial charge in [0.05, 0.1) is 0 Å². The largest absolute Gasteiger partial charge is 0.135 e. The van der Waals surface area contributed by atoms with Crippen molar-refractivity contribution in [1.82, 2.24) is 0 Å². The summed E-state index contributed by atoms with van der Waals surface area (Å²) in [6.07, 6.45) is 3.92. The van der Waals surface area contributed by atoms with Crippen LogP contribution in [0, 0.1) is 0 Å². The summed E-state index contributed by atoms with van der Waals surface area (Å²) in [4.78, 5) is 5.02. The Morgan fingerprint density at radius 1 is 0.469 bits per heavy atom. The van der Waals surface area contributed by atoms with Crippen molar-refractivity contribution in [2.75, 3.05) is 0 Å². The second kappa shape index (κ2) is 8.96. The summed E-state index contributed by atoms with van der Waals surface area (Å²) in [5.41, 5.74) is 7.17. The van der Waals surface area contributed by atoms with E-state index in [9.17, 15) is 0 Å². The van der Waals surface area contributed by atoms with Gasteiger partial charge in [-0.1, -0.05) is 86.0 Å². The Morgan fingerprint density at radius 3 is 1.22 bits per heavy atom. The van der Waals surface area contributed by atoms with Crippen molar-refractivity contribution in [1.29, 1.82) is 0 Å². The van der Waals surface area contributed by atoms with E-state index in [1.165, 1.54) is 41.8 Å². The highest BCUT2D eigenvalue weighted by atomic mass is 32.1. The maximum absolute atomic E-state index is 4.11. The number of benzene rings is 3. The van der Waals surface area contributed by atoms with Gasteiger partial charge in [-0.25, -0.2) is 0 Å². The Labute approximate surface area is 197 Å².